The molecule has 22 heavy (non-hydrogen) atoms. The lowest BCUT2D eigenvalue weighted by molar-refractivity contribution is -0.118. The lowest BCUT2D eigenvalue weighted by atomic mass is 10.1. The smallest absolute Gasteiger partial charge is 0.250 e. The molecule has 0 atom stereocenters. The molecule has 0 spiro atoms. The van der Waals surface area contributed by atoms with Crippen LogP contribution in [0.4, 0.5) is 0 Å². The number of halogens is 1. The Labute approximate surface area is 139 Å². The summed E-state index contributed by atoms with van der Waals surface area (Å²) in [5.41, 5.74) is 5.91. The highest BCUT2D eigenvalue weighted by atomic mass is 35.5. The van der Waals surface area contributed by atoms with Gasteiger partial charge in [-0.15, -0.1) is 11.8 Å². The van der Waals surface area contributed by atoms with E-state index < -0.39 is 0 Å². The summed E-state index contributed by atoms with van der Waals surface area (Å²) in [5, 5.41) is 4.61. The molecule has 5 heteroatoms. The minimum Gasteiger partial charge on any atom is -0.272 e. The number of nitrogens with zero attached hydrogens (tertiary/aromatic N) is 1. The van der Waals surface area contributed by atoms with Crippen LogP contribution in [0.3, 0.4) is 0 Å². The zero-order valence-electron chi connectivity index (χ0n) is 12.3. The standard InChI is InChI=1S/C17H17ClN2OS/c1-13-4-2-3-5-15(13)11-22-12-17(21)20-19-10-14-6-8-16(18)9-7-14/h2-10H,11-12H2,1H3,(H,20,21). The first-order valence-corrected chi connectivity index (χ1v) is 8.38. The fraction of sp³-hybridized carbons (Fsp3) is 0.176. The third-order valence-electron chi connectivity index (χ3n) is 3.02. The van der Waals surface area contributed by atoms with Crippen LogP contribution in [0.2, 0.25) is 5.02 Å². The molecule has 0 aliphatic carbocycles. The quantitative estimate of drug-likeness (QED) is 0.641. The Morgan fingerprint density at radius 3 is 2.68 bits per heavy atom. The summed E-state index contributed by atoms with van der Waals surface area (Å²) in [4.78, 5) is 11.7. The van der Waals surface area contributed by atoms with Crippen molar-refractivity contribution in [2.24, 2.45) is 5.10 Å². The Morgan fingerprint density at radius 2 is 1.95 bits per heavy atom. The van der Waals surface area contributed by atoms with Crippen LogP contribution in [0.1, 0.15) is 16.7 Å². The molecule has 0 saturated heterocycles. The Bertz CT molecular complexity index is 656. The molecular formula is C17H17ClN2OS. The maximum Gasteiger partial charge on any atom is 0.250 e. The highest BCUT2D eigenvalue weighted by Gasteiger charge is 2.02. The van der Waals surface area contributed by atoms with E-state index in [0.29, 0.717) is 10.8 Å². The minimum atomic E-state index is -0.108. The maximum absolute atomic E-state index is 11.7. The highest BCUT2D eigenvalue weighted by Crippen LogP contribution is 2.15. The summed E-state index contributed by atoms with van der Waals surface area (Å²) in [6, 6.07) is 15.4. The van der Waals surface area contributed by atoms with Gasteiger partial charge in [0.2, 0.25) is 5.91 Å². The van der Waals surface area contributed by atoms with Crippen LogP contribution in [0.25, 0.3) is 0 Å². The van der Waals surface area contributed by atoms with E-state index in [-0.39, 0.29) is 5.91 Å². The molecule has 0 saturated carbocycles. The Hall–Kier alpha value is -1.78. The van der Waals surface area contributed by atoms with Crippen molar-refractivity contribution in [2.45, 2.75) is 12.7 Å². The molecule has 2 aromatic carbocycles. The molecule has 114 valence electrons. The first kappa shape index (κ1) is 16.6. The number of hydrogen-bond donors (Lipinski definition) is 1. The van der Waals surface area contributed by atoms with Gasteiger partial charge in [-0.05, 0) is 35.7 Å². The van der Waals surface area contributed by atoms with E-state index in [1.54, 1.807) is 30.1 Å². The molecule has 2 aromatic rings. The molecule has 1 amide bonds. The lowest BCUT2D eigenvalue weighted by Gasteiger charge is -2.04. The van der Waals surface area contributed by atoms with E-state index in [2.05, 4.69) is 29.6 Å². The molecule has 0 aliphatic heterocycles. The Kier molecular flexibility index (Phi) is 6.49. The third kappa shape index (κ3) is 5.54. The lowest BCUT2D eigenvalue weighted by Crippen LogP contribution is -2.19. The number of hydrazone groups is 1. The van der Waals surface area contributed by atoms with Crippen molar-refractivity contribution in [3.05, 3.63) is 70.2 Å². The second-order valence-electron chi connectivity index (χ2n) is 4.76. The van der Waals surface area contributed by atoms with Crippen LogP contribution in [0.15, 0.2) is 53.6 Å². The number of benzene rings is 2. The largest absolute Gasteiger partial charge is 0.272 e. The second-order valence-corrected chi connectivity index (χ2v) is 6.19. The molecule has 0 heterocycles. The Balaban J connectivity index is 1.72. The van der Waals surface area contributed by atoms with Crippen LogP contribution in [-0.4, -0.2) is 17.9 Å². The Morgan fingerprint density at radius 1 is 1.23 bits per heavy atom. The van der Waals surface area contributed by atoms with Gasteiger partial charge in [-0.25, -0.2) is 5.43 Å². The molecule has 0 aromatic heterocycles. The van der Waals surface area contributed by atoms with E-state index in [4.69, 9.17) is 11.6 Å². The second kappa shape index (κ2) is 8.61. The van der Waals surface area contributed by atoms with Crippen molar-refractivity contribution in [1.82, 2.24) is 5.43 Å². The van der Waals surface area contributed by atoms with Crippen LogP contribution < -0.4 is 5.43 Å². The number of thioether (sulfide) groups is 1. The predicted molar refractivity (Wildman–Crippen MR) is 94.5 cm³/mol. The molecule has 3 nitrogen and oxygen atoms in total. The minimum absolute atomic E-state index is 0.108. The topological polar surface area (TPSA) is 41.5 Å². The first-order chi connectivity index (χ1) is 10.6. The molecule has 0 radical (unpaired) electrons. The van der Waals surface area contributed by atoms with Crippen LogP contribution in [-0.2, 0) is 10.5 Å². The SMILES string of the molecule is Cc1ccccc1CSCC(=O)NN=Cc1ccc(Cl)cc1. The zero-order chi connectivity index (χ0) is 15.8. The average Bonchev–Trinajstić information content (AvgIpc) is 2.51. The predicted octanol–water partition coefficient (Wildman–Crippen LogP) is 4.03. The van der Waals surface area contributed by atoms with Gasteiger partial charge in [0.05, 0.1) is 12.0 Å². The molecule has 0 unspecified atom stereocenters. The number of aryl methyl sites for hydroxylation is 1. The fourth-order valence-electron chi connectivity index (χ4n) is 1.79. The van der Waals surface area contributed by atoms with Crippen molar-refractivity contribution in [2.75, 3.05) is 5.75 Å². The fourth-order valence-corrected chi connectivity index (χ4v) is 2.81. The summed E-state index contributed by atoms with van der Waals surface area (Å²) in [7, 11) is 0. The highest BCUT2D eigenvalue weighted by molar-refractivity contribution is 7.99. The number of rotatable bonds is 6. The van der Waals surface area contributed by atoms with E-state index in [1.807, 2.05) is 24.3 Å². The van der Waals surface area contributed by atoms with Gasteiger partial charge in [-0.1, -0.05) is 48.0 Å². The van der Waals surface area contributed by atoms with Gasteiger partial charge in [0.15, 0.2) is 0 Å². The first-order valence-electron chi connectivity index (χ1n) is 6.85. The molecule has 2 rings (SSSR count). The molecule has 0 fully saturated rings. The number of nitrogens with one attached hydrogen (secondary N) is 1. The van der Waals surface area contributed by atoms with Gasteiger partial charge in [0.25, 0.3) is 0 Å². The van der Waals surface area contributed by atoms with Crippen molar-refractivity contribution >= 4 is 35.5 Å². The summed E-state index contributed by atoms with van der Waals surface area (Å²) in [5.74, 6) is 1.09. The number of carbonyl (C=O) groups excluding carboxylic acids is 1. The van der Waals surface area contributed by atoms with E-state index in [9.17, 15) is 4.79 Å². The number of amides is 1. The van der Waals surface area contributed by atoms with E-state index in [0.717, 1.165) is 11.3 Å². The molecule has 0 aliphatic rings. The molecule has 1 N–H and O–H groups in total. The van der Waals surface area contributed by atoms with Crippen molar-refractivity contribution in [1.29, 1.82) is 0 Å². The third-order valence-corrected chi connectivity index (χ3v) is 4.26. The van der Waals surface area contributed by atoms with Crippen molar-refractivity contribution in [3.63, 3.8) is 0 Å². The average molecular weight is 333 g/mol. The van der Waals surface area contributed by atoms with Crippen molar-refractivity contribution in [3.8, 4) is 0 Å². The van der Waals surface area contributed by atoms with E-state index in [1.165, 1.54) is 11.1 Å². The number of hydrogen-bond acceptors (Lipinski definition) is 3. The van der Waals surface area contributed by atoms with Gasteiger partial charge in [0, 0.05) is 10.8 Å². The monoisotopic (exact) mass is 332 g/mol. The normalized spacial score (nSPS) is 10.8. The summed E-state index contributed by atoms with van der Waals surface area (Å²) in [6.45, 7) is 2.08. The van der Waals surface area contributed by atoms with Gasteiger partial charge in [-0.3, -0.25) is 4.79 Å². The zero-order valence-corrected chi connectivity index (χ0v) is 13.8. The van der Waals surface area contributed by atoms with Crippen LogP contribution in [0.5, 0.6) is 0 Å². The van der Waals surface area contributed by atoms with Gasteiger partial charge < -0.3 is 0 Å². The maximum atomic E-state index is 11.7. The summed E-state index contributed by atoms with van der Waals surface area (Å²) < 4.78 is 0. The number of carbonyl (C=O) groups is 1. The molecule has 0 bridgehead atoms. The van der Waals surface area contributed by atoms with Gasteiger partial charge in [-0.2, -0.15) is 5.10 Å². The van der Waals surface area contributed by atoms with Crippen LogP contribution in [0, 0.1) is 6.92 Å². The summed E-state index contributed by atoms with van der Waals surface area (Å²) in [6.07, 6.45) is 1.60. The molecular weight excluding hydrogens is 316 g/mol. The van der Waals surface area contributed by atoms with E-state index >= 15 is 0 Å². The van der Waals surface area contributed by atoms with Gasteiger partial charge in [0.1, 0.15) is 0 Å². The summed E-state index contributed by atoms with van der Waals surface area (Å²) >= 11 is 7.37. The van der Waals surface area contributed by atoms with Crippen LogP contribution >= 0.6 is 23.4 Å². The van der Waals surface area contributed by atoms with Crippen molar-refractivity contribution < 1.29 is 4.79 Å². The van der Waals surface area contributed by atoms with Gasteiger partial charge >= 0.3 is 0 Å².